The first-order chi connectivity index (χ1) is 13.8. The van der Waals surface area contributed by atoms with E-state index in [1.165, 1.54) is 4.90 Å². The van der Waals surface area contributed by atoms with Crippen LogP contribution in [0.1, 0.15) is 43.4 Å². The molecule has 3 amide bonds. The van der Waals surface area contributed by atoms with Crippen molar-refractivity contribution in [3.8, 4) is 0 Å². The molecular weight excluding hydrogens is 386 g/mol. The molecular formula is C22H29N3O3S. The van der Waals surface area contributed by atoms with E-state index in [-0.39, 0.29) is 29.8 Å². The highest BCUT2D eigenvalue weighted by Crippen LogP contribution is 2.54. The first-order valence-electron chi connectivity index (χ1n) is 10.3. The van der Waals surface area contributed by atoms with E-state index in [1.807, 2.05) is 46.1 Å². The Bertz CT molecular complexity index is 902. The van der Waals surface area contributed by atoms with Crippen LogP contribution in [0, 0.1) is 25.7 Å². The van der Waals surface area contributed by atoms with Crippen LogP contribution in [0.15, 0.2) is 12.1 Å². The van der Waals surface area contributed by atoms with Gasteiger partial charge in [-0.1, -0.05) is 19.1 Å². The average molecular weight is 416 g/mol. The van der Waals surface area contributed by atoms with Crippen molar-refractivity contribution >= 4 is 35.2 Å². The zero-order chi connectivity index (χ0) is 21.1. The van der Waals surface area contributed by atoms with Gasteiger partial charge in [0.25, 0.3) is 0 Å². The molecule has 1 spiro atoms. The molecule has 3 heterocycles. The number of nitrogens with zero attached hydrogens (tertiary/aromatic N) is 1. The van der Waals surface area contributed by atoms with E-state index in [1.54, 1.807) is 11.8 Å². The summed E-state index contributed by atoms with van der Waals surface area (Å²) in [6.07, 6.45) is 3.47. The smallest absolute Gasteiger partial charge is 0.250 e. The van der Waals surface area contributed by atoms with Gasteiger partial charge in [-0.2, -0.15) is 11.8 Å². The molecule has 0 bridgehead atoms. The summed E-state index contributed by atoms with van der Waals surface area (Å²) in [5.41, 5.74) is 2.52. The van der Waals surface area contributed by atoms with Crippen molar-refractivity contribution in [1.82, 2.24) is 10.2 Å². The number of hydrogen-bond donors (Lipinski definition) is 2. The molecule has 156 valence electrons. The van der Waals surface area contributed by atoms with Crippen LogP contribution >= 0.6 is 11.8 Å². The number of rotatable bonds is 5. The van der Waals surface area contributed by atoms with E-state index in [9.17, 15) is 14.4 Å². The number of carbonyl (C=O) groups is 3. The van der Waals surface area contributed by atoms with Crippen LogP contribution in [-0.4, -0.2) is 46.7 Å². The molecule has 0 saturated carbocycles. The van der Waals surface area contributed by atoms with E-state index in [0.29, 0.717) is 6.42 Å². The third-order valence-corrected chi connectivity index (χ3v) is 7.76. The Morgan fingerprint density at radius 3 is 2.59 bits per heavy atom. The average Bonchev–Trinajstić information content (AvgIpc) is 3.28. The molecule has 2 saturated heterocycles. The number of hydrogen-bond acceptors (Lipinski definition) is 5. The number of likely N-dealkylation sites (tertiary alicyclic amines) is 1. The van der Waals surface area contributed by atoms with Crippen molar-refractivity contribution in [2.75, 3.05) is 17.3 Å². The van der Waals surface area contributed by atoms with Gasteiger partial charge < -0.3 is 5.32 Å². The number of aryl methyl sites for hydroxylation is 1. The van der Waals surface area contributed by atoms with E-state index >= 15 is 0 Å². The molecule has 0 radical (unpaired) electrons. The molecule has 4 rings (SSSR count). The van der Waals surface area contributed by atoms with Gasteiger partial charge >= 0.3 is 0 Å². The summed E-state index contributed by atoms with van der Waals surface area (Å²) >= 11 is 1.71. The molecule has 0 aromatic heterocycles. The van der Waals surface area contributed by atoms with Crippen LogP contribution in [0.4, 0.5) is 5.69 Å². The molecule has 1 aromatic rings. The Morgan fingerprint density at radius 1 is 1.21 bits per heavy atom. The van der Waals surface area contributed by atoms with Crippen LogP contribution in [-0.2, 0) is 19.9 Å². The summed E-state index contributed by atoms with van der Waals surface area (Å²) in [5, 5.41) is 6.53. The SMILES string of the molecule is CCC(C)N1C(=O)C2C(CCSC)NC3(C(=O)Nc4c3ccc(C)c4C)C2C1=O. The first kappa shape index (κ1) is 20.4. The molecule has 5 unspecified atom stereocenters. The van der Waals surface area contributed by atoms with Crippen molar-refractivity contribution in [2.45, 2.75) is 58.2 Å². The maximum absolute atomic E-state index is 13.6. The van der Waals surface area contributed by atoms with Gasteiger partial charge in [0.05, 0.1) is 11.8 Å². The summed E-state index contributed by atoms with van der Waals surface area (Å²) in [7, 11) is 0. The lowest BCUT2D eigenvalue weighted by Crippen LogP contribution is -2.54. The van der Waals surface area contributed by atoms with E-state index in [0.717, 1.165) is 34.6 Å². The second-order valence-electron chi connectivity index (χ2n) is 8.53. The molecule has 5 atom stereocenters. The van der Waals surface area contributed by atoms with Crippen molar-refractivity contribution in [3.63, 3.8) is 0 Å². The van der Waals surface area contributed by atoms with Gasteiger partial charge in [0.1, 0.15) is 5.54 Å². The number of amides is 3. The lowest BCUT2D eigenvalue weighted by atomic mass is 9.76. The molecule has 3 aliphatic heterocycles. The van der Waals surface area contributed by atoms with Gasteiger partial charge in [-0.3, -0.25) is 24.6 Å². The fraction of sp³-hybridized carbons (Fsp3) is 0.591. The highest BCUT2D eigenvalue weighted by Gasteiger charge is 2.70. The van der Waals surface area contributed by atoms with Crippen molar-refractivity contribution in [3.05, 3.63) is 28.8 Å². The Kier molecular flexibility index (Phi) is 5.02. The summed E-state index contributed by atoms with van der Waals surface area (Å²) in [5.74, 6) is -0.885. The fourth-order valence-corrected chi connectivity index (χ4v) is 5.74. The Balaban J connectivity index is 1.88. The second kappa shape index (κ2) is 7.13. The van der Waals surface area contributed by atoms with Crippen LogP contribution in [0.3, 0.4) is 0 Å². The van der Waals surface area contributed by atoms with E-state index in [2.05, 4.69) is 10.6 Å². The van der Waals surface area contributed by atoms with Crippen molar-refractivity contribution in [1.29, 1.82) is 0 Å². The number of fused-ring (bicyclic) bond motifs is 4. The fourth-order valence-electron chi connectivity index (χ4n) is 5.25. The summed E-state index contributed by atoms with van der Waals surface area (Å²) in [4.78, 5) is 41.8. The minimum atomic E-state index is -1.17. The van der Waals surface area contributed by atoms with Crippen LogP contribution < -0.4 is 10.6 Å². The van der Waals surface area contributed by atoms with Gasteiger partial charge in [-0.15, -0.1) is 0 Å². The zero-order valence-electron chi connectivity index (χ0n) is 17.7. The van der Waals surface area contributed by atoms with E-state index < -0.39 is 17.4 Å². The number of benzene rings is 1. The Hall–Kier alpha value is -1.86. The largest absolute Gasteiger partial charge is 0.324 e. The minimum absolute atomic E-state index is 0.130. The zero-order valence-corrected chi connectivity index (χ0v) is 18.5. The number of anilines is 1. The summed E-state index contributed by atoms with van der Waals surface area (Å²) in [6, 6.07) is 3.58. The highest BCUT2D eigenvalue weighted by molar-refractivity contribution is 7.98. The number of carbonyl (C=O) groups excluding carboxylic acids is 3. The standard InChI is InChI=1S/C22H29N3O3S/c1-6-12(3)25-19(26)16-15(9-10-29-5)24-22(17(16)20(25)27)14-8-7-11(2)13(4)18(14)23-21(22)28/h7-8,12,15-17,24H,6,9-10H2,1-5H3,(H,23,28). The summed E-state index contributed by atoms with van der Waals surface area (Å²) in [6.45, 7) is 7.87. The molecule has 3 aliphatic rings. The normalized spacial score (nSPS) is 31.4. The second-order valence-corrected chi connectivity index (χ2v) is 9.52. The number of thioether (sulfide) groups is 1. The number of imide groups is 1. The van der Waals surface area contributed by atoms with Gasteiger partial charge in [0.2, 0.25) is 17.7 Å². The third-order valence-electron chi connectivity index (χ3n) is 7.12. The maximum atomic E-state index is 13.6. The van der Waals surface area contributed by atoms with Gasteiger partial charge in [-0.25, -0.2) is 0 Å². The molecule has 6 nitrogen and oxygen atoms in total. The van der Waals surface area contributed by atoms with Gasteiger partial charge in [-0.05, 0) is 56.7 Å². The van der Waals surface area contributed by atoms with Gasteiger partial charge in [0, 0.05) is 23.3 Å². The first-order valence-corrected chi connectivity index (χ1v) is 11.7. The predicted molar refractivity (Wildman–Crippen MR) is 115 cm³/mol. The molecule has 2 N–H and O–H groups in total. The Morgan fingerprint density at radius 2 is 1.93 bits per heavy atom. The predicted octanol–water partition coefficient (Wildman–Crippen LogP) is 2.58. The van der Waals surface area contributed by atoms with Gasteiger partial charge in [0.15, 0.2) is 0 Å². The Labute approximate surface area is 176 Å². The topological polar surface area (TPSA) is 78.5 Å². The molecule has 7 heteroatoms. The summed E-state index contributed by atoms with van der Waals surface area (Å²) < 4.78 is 0. The number of nitrogens with one attached hydrogen (secondary N) is 2. The molecule has 29 heavy (non-hydrogen) atoms. The van der Waals surface area contributed by atoms with Crippen LogP contribution in [0.25, 0.3) is 0 Å². The third kappa shape index (κ3) is 2.63. The highest BCUT2D eigenvalue weighted by atomic mass is 32.2. The van der Waals surface area contributed by atoms with E-state index in [4.69, 9.17) is 0 Å². The quantitative estimate of drug-likeness (QED) is 0.723. The van der Waals surface area contributed by atoms with Crippen molar-refractivity contribution in [2.24, 2.45) is 11.8 Å². The lowest BCUT2D eigenvalue weighted by Gasteiger charge is -2.31. The maximum Gasteiger partial charge on any atom is 0.250 e. The minimum Gasteiger partial charge on any atom is -0.324 e. The van der Waals surface area contributed by atoms with Crippen LogP contribution in [0.2, 0.25) is 0 Å². The molecule has 2 fully saturated rings. The van der Waals surface area contributed by atoms with Crippen molar-refractivity contribution < 1.29 is 14.4 Å². The monoisotopic (exact) mass is 415 g/mol. The molecule has 0 aliphatic carbocycles. The van der Waals surface area contributed by atoms with Crippen LogP contribution in [0.5, 0.6) is 0 Å². The molecule has 1 aromatic carbocycles. The lowest BCUT2D eigenvalue weighted by molar-refractivity contribution is -0.145.